The molecule has 1 aliphatic carbocycles. The van der Waals surface area contributed by atoms with Crippen molar-refractivity contribution in [3.63, 3.8) is 0 Å². The van der Waals surface area contributed by atoms with Crippen LogP contribution in [0.5, 0.6) is 5.75 Å². The van der Waals surface area contributed by atoms with Gasteiger partial charge in [0.15, 0.2) is 15.6 Å². The molecule has 1 N–H and O–H groups in total. The van der Waals surface area contributed by atoms with E-state index in [4.69, 9.17) is 0 Å². The molecular formula is C19H18O6S. The number of sulfone groups is 1. The predicted molar refractivity (Wildman–Crippen MR) is 94.0 cm³/mol. The van der Waals surface area contributed by atoms with E-state index >= 15 is 0 Å². The fourth-order valence-electron chi connectivity index (χ4n) is 3.16. The number of rotatable bonds is 4. The number of carbonyl (C=O) groups is 2. The van der Waals surface area contributed by atoms with Crippen LogP contribution in [0.2, 0.25) is 0 Å². The number of esters is 1. The fourth-order valence-corrected chi connectivity index (χ4v) is 4.62. The van der Waals surface area contributed by atoms with Crippen LogP contribution in [0.3, 0.4) is 0 Å². The van der Waals surface area contributed by atoms with E-state index < -0.39 is 21.6 Å². The number of aromatic hydroxyl groups is 1. The van der Waals surface area contributed by atoms with Gasteiger partial charge in [0.1, 0.15) is 5.75 Å². The van der Waals surface area contributed by atoms with Crippen molar-refractivity contribution in [3.05, 3.63) is 58.7 Å². The van der Waals surface area contributed by atoms with Crippen LogP contribution in [0.15, 0.2) is 41.3 Å². The molecule has 0 amide bonds. The van der Waals surface area contributed by atoms with Crippen LogP contribution in [-0.2, 0) is 26.7 Å². The molecule has 2 aromatic carbocycles. The van der Waals surface area contributed by atoms with Gasteiger partial charge in [-0.2, -0.15) is 0 Å². The Hall–Kier alpha value is -2.67. The van der Waals surface area contributed by atoms with Gasteiger partial charge in [0.25, 0.3) is 0 Å². The lowest BCUT2D eigenvalue weighted by atomic mass is 9.87. The third-order valence-corrected chi connectivity index (χ3v) is 6.13. The molecule has 0 heterocycles. The Bertz CT molecular complexity index is 991. The van der Waals surface area contributed by atoms with Crippen molar-refractivity contribution < 1.29 is 27.9 Å². The normalized spacial score (nSPS) is 14.0. The van der Waals surface area contributed by atoms with Crippen molar-refractivity contribution in [2.45, 2.75) is 29.9 Å². The van der Waals surface area contributed by atoms with E-state index in [1.807, 2.05) is 0 Å². The molecule has 1 aliphatic rings. The predicted octanol–water partition coefficient (Wildman–Crippen LogP) is 2.67. The number of ether oxygens (including phenoxy) is 1. The second-order valence-corrected chi connectivity index (χ2v) is 8.13. The number of methoxy groups -OCH3 is 1. The van der Waals surface area contributed by atoms with Gasteiger partial charge in [0.2, 0.25) is 0 Å². The quantitative estimate of drug-likeness (QED) is 0.827. The van der Waals surface area contributed by atoms with Crippen molar-refractivity contribution in [2.75, 3.05) is 7.11 Å². The first-order valence-corrected chi connectivity index (χ1v) is 9.77. The molecule has 0 saturated carbocycles. The largest absolute Gasteiger partial charge is 0.508 e. The van der Waals surface area contributed by atoms with Crippen LogP contribution < -0.4 is 0 Å². The highest BCUT2D eigenvalue weighted by Crippen LogP contribution is 2.33. The summed E-state index contributed by atoms with van der Waals surface area (Å²) in [6.07, 6.45) is 1.59. The molecule has 0 aliphatic heterocycles. The van der Waals surface area contributed by atoms with Gasteiger partial charge >= 0.3 is 5.97 Å². The molecule has 0 radical (unpaired) electrons. The van der Waals surface area contributed by atoms with Crippen molar-refractivity contribution >= 4 is 21.6 Å². The summed E-state index contributed by atoms with van der Waals surface area (Å²) in [4.78, 5) is 23.7. The van der Waals surface area contributed by atoms with Crippen LogP contribution in [0.25, 0.3) is 0 Å². The van der Waals surface area contributed by atoms with Gasteiger partial charge in [0.05, 0.1) is 23.3 Å². The highest BCUT2D eigenvalue weighted by molar-refractivity contribution is 7.90. The van der Waals surface area contributed by atoms with Crippen molar-refractivity contribution in [2.24, 2.45) is 0 Å². The average molecular weight is 374 g/mol. The van der Waals surface area contributed by atoms with Gasteiger partial charge in [0, 0.05) is 17.5 Å². The van der Waals surface area contributed by atoms with Gasteiger partial charge in [-0.1, -0.05) is 6.07 Å². The monoisotopic (exact) mass is 374 g/mol. The number of ketones is 1. The number of carbonyl (C=O) groups excluding carboxylic acids is 2. The molecule has 0 saturated heterocycles. The van der Waals surface area contributed by atoms with E-state index in [0.29, 0.717) is 30.4 Å². The topological polar surface area (TPSA) is 97.7 Å². The lowest BCUT2D eigenvalue weighted by Gasteiger charge is -2.19. The molecule has 0 atom stereocenters. The van der Waals surface area contributed by atoms with Crippen LogP contribution in [0, 0.1) is 0 Å². The number of fused-ring (bicyclic) bond motifs is 1. The molecule has 0 bridgehead atoms. The highest BCUT2D eigenvalue weighted by atomic mass is 32.2. The molecule has 0 spiro atoms. The molecule has 0 unspecified atom stereocenters. The molecule has 0 fully saturated rings. The summed E-state index contributed by atoms with van der Waals surface area (Å²) in [5, 5.41) is 10.2. The zero-order chi connectivity index (χ0) is 18.9. The van der Waals surface area contributed by atoms with Crippen molar-refractivity contribution in [1.29, 1.82) is 0 Å². The SMILES string of the molecule is COC(=O)c1cccc(S(=O)(=O)Cc2c(O)ccc3c2CCCC3=O)c1. The van der Waals surface area contributed by atoms with E-state index in [2.05, 4.69) is 4.74 Å². The molecule has 2 aromatic rings. The van der Waals surface area contributed by atoms with Gasteiger partial charge in [-0.05, 0) is 48.7 Å². The molecular weight excluding hydrogens is 356 g/mol. The van der Waals surface area contributed by atoms with Crippen LogP contribution in [0.1, 0.15) is 44.7 Å². The molecule has 0 aromatic heterocycles. The summed E-state index contributed by atoms with van der Waals surface area (Å²) in [7, 11) is -2.61. The summed E-state index contributed by atoms with van der Waals surface area (Å²) in [5.41, 5.74) is 1.44. The van der Waals surface area contributed by atoms with Crippen molar-refractivity contribution in [3.8, 4) is 5.75 Å². The van der Waals surface area contributed by atoms with Crippen LogP contribution >= 0.6 is 0 Å². The number of hydrogen-bond donors (Lipinski definition) is 1. The molecule has 3 rings (SSSR count). The minimum absolute atomic E-state index is 0.0421. The summed E-state index contributed by atoms with van der Waals surface area (Å²) in [5.74, 6) is -1.27. The lowest BCUT2D eigenvalue weighted by Crippen LogP contribution is -2.15. The van der Waals surface area contributed by atoms with Gasteiger partial charge in [-0.3, -0.25) is 4.79 Å². The smallest absolute Gasteiger partial charge is 0.337 e. The Morgan fingerprint density at radius 3 is 2.69 bits per heavy atom. The number of phenolic OH excluding ortho intramolecular Hbond substituents is 1. The fraction of sp³-hybridized carbons (Fsp3) is 0.263. The molecule has 136 valence electrons. The Morgan fingerprint density at radius 2 is 1.96 bits per heavy atom. The minimum atomic E-state index is -3.83. The molecule has 7 heteroatoms. The minimum Gasteiger partial charge on any atom is -0.508 e. The molecule has 26 heavy (non-hydrogen) atoms. The van der Waals surface area contributed by atoms with E-state index in [9.17, 15) is 23.1 Å². The van der Waals surface area contributed by atoms with E-state index in [0.717, 1.165) is 0 Å². The zero-order valence-electron chi connectivity index (χ0n) is 14.2. The summed E-state index contributed by atoms with van der Waals surface area (Å²) < 4.78 is 30.3. The number of Topliss-reactive ketones (excluding diaryl/α,β-unsaturated/α-hetero) is 1. The first-order chi connectivity index (χ1) is 12.3. The van der Waals surface area contributed by atoms with E-state index in [1.54, 1.807) is 6.07 Å². The van der Waals surface area contributed by atoms with E-state index in [1.165, 1.54) is 37.4 Å². The Morgan fingerprint density at radius 1 is 1.19 bits per heavy atom. The average Bonchev–Trinajstić information content (AvgIpc) is 2.63. The van der Waals surface area contributed by atoms with Gasteiger partial charge < -0.3 is 9.84 Å². The van der Waals surface area contributed by atoms with Crippen LogP contribution in [-0.4, -0.2) is 32.4 Å². The standard InChI is InChI=1S/C19H18O6S/c1-25-19(22)12-4-2-5-13(10-12)26(23,24)11-16-14-6-3-7-17(20)15(14)8-9-18(16)21/h2,4-5,8-10,21H,3,6-7,11H2,1H3. The van der Waals surface area contributed by atoms with Crippen LogP contribution in [0.4, 0.5) is 0 Å². The second kappa shape index (κ2) is 6.92. The maximum Gasteiger partial charge on any atom is 0.337 e. The maximum atomic E-state index is 12.8. The van der Waals surface area contributed by atoms with Gasteiger partial charge in [-0.15, -0.1) is 0 Å². The lowest BCUT2D eigenvalue weighted by molar-refractivity contribution is 0.0600. The second-order valence-electron chi connectivity index (χ2n) is 6.14. The third kappa shape index (κ3) is 3.35. The Labute approximate surface area is 151 Å². The summed E-state index contributed by atoms with van der Waals surface area (Å²) >= 11 is 0. The Balaban J connectivity index is 2.03. The highest BCUT2D eigenvalue weighted by Gasteiger charge is 2.26. The maximum absolute atomic E-state index is 12.8. The van der Waals surface area contributed by atoms with Crippen molar-refractivity contribution in [1.82, 2.24) is 0 Å². The third-order valence-electron chi connectivity index (χ3n) is 4.49. The zero-order valence-corrected chi connectivity index (χ0v) is 15.0. The number of benzene rings is 2. The first-order valence-electron chi connectivity index (χ1n) is 8.11. The molecule has 6 nitrogen and oxygen atoms in total. The number of phenols is 1. The van der Waals surface area contributed by atoms with E-state index in [-0.39, 0.29) is 27.6 Å². The Kier molecular flexibility index (Phi) is 4.82. The first kappa shape index (κ1) is 18.1. The summed E-state index contributed by atoms with van der Waals surface area (Å²) in [6.45, 7) is 0. The number of hydrogen-bond acceptors (Lipinski definition) is 6. The van der Waals surface area contributed by atoms with Gasteiger partial charge in [-0.25, -0.2) is 13.2 Å². The summed E-state index contributed by atoms with van der Waals surface area (Å²) in [6, 6.07) is 8.46.